The number of nitrogens with zero attached hydrogens (tertiary/aromatic N) is 1. The quantitative estimate of drug-likeness (QED) is 0.887. The van der Waals surface area contributed by atoms with Gasteiger partial charge in [-0.15, -0.1) is 0 Å². The monoisotopic (exact) mass is 360 g/mol. The van der Waals surface area contributed by atoms with Crippen LogP contribution in [0.25, 0.3) is 10.8 Å². The van der Waals surface area contributed by atoms with Gasteiger partial charge in [0, 0.05) is 15.8 Å². The fourth-order valence-corrected chi connectivity index (χ4v) is 4.07. The van der Waals surface area contributed by atoms with E-state index in [0.29, 0.717) is 17.7 Å². The van der Waals surface area contributed by atoms with E-state index >= 15 is 0 Å². The van der Waals surface area contributed by atoms with E-state index in [1.54, 1.807) is 17.8 Å². The summed E-state index contributed by atoms with van der Waals surface area (Å²) in [6.07, 6.45) is 0.709. The predicted molar refractivity (Wildman–Crippen MR) is 89.4 cm³/mol. The zero-order valence-electron chi connectivity index (χ0n) is 11.2. The Morgan fingerprint density at radius 3 is 2.76 bits per heavy atom. The highest BCUT2D eigenvalue weighted by Gasteiger charge is 2.36. The van der Waals surface area contributed by atoms with E-state index in [1.807, 2.05) is 30.3 Å². The van der Waals surface area contributed by atoms with Crippen LogP contribution >= 0.6 is 27.7 Å². The number of halogens is 1. The summed E-state index contributed by atoms with van der Waals surface area (Å²) in [4.78, 5) is 12.4. The van der Waals surface area contributed by atoms with Crippen LogP contribution in [0.4, 0.5) is 0 Å². The first-order valence-electron chi connectivity index (χ1n) is 6.63. The van der Waals surface area contributed by atoms with E-state index in [2.05, 4.69) is 27.3 Å². The van der Waals surface area contributed by atoms with E-state index in [4.69, 9.17) is 0 Å². The van der Waals surface area contributed by atoms with Crippen molar-refractivity contribution in [3.05, 3.63) is 46.4 Å². The zero-order valence-corrected chi connectivity index (χ0v) is 13.6. The van der Waals surface area contributed by atoms with Crippen LogP contribution in [-0.2, 0) is 0 Å². The number of fused-ring (bicyclic) bond motifs is 1. The molecule has 1 saturated heterocycles. The maximum Gasteiger partial charge on any atom is 0.252 e. The number of benzene rings is 2. The number of nitriles is 1. The summed E-state index contributed by atoms with van der Waals surface area (Å²) in [5.41, 5.74) is -0.118. The molecule has 0 aliphatic carbocycles. The van der Waals surface area contributed by atoms with E-state index < -0.39 is 5.54 Å². The van der Waals surface area contributed by atoms with Crippen molar-refractivity contribution in [3.63, 3.8) is 0 Å². The first-order valence-corrected chi connectivity index (χ1v) is 8.57. The van der Waals surface area contributed by atoms with Gasteiger partial charge in [-0.2, -0.15) is 17.0 Å². The summed E-state index contributed by atoms with van der Waals surface area (Å²) in [5, 5.41) is 14.3. The van der Waals surface area contributed by atoms with Crippen molar-refractivity contribution in [3.8, 4) is 6.07 Å². The van der Waals surface area contributed by atoms with Gasteiger partial charge in [0.15, 0.2) is 0 Å². The summed E-state index contributed by atoms with van der Waals surface area (Å²) in [7, 11) is 0. The average molecular weight is 361 g/mol. The fourth-order valence-electron chi connectivity index (χ4n) is 2.43. The molecule has 1 N–H and O–H groups in total. The summed E-state index contributed by atoms with van der Waals surface area (Å²) in [5.74, 6) is 1.40. The lowest BCUT2D eigenvalue weighted by molar-refractivity contribution is 0.0926. The van der Waals surface area contributed by atoms with Crippen LogP contribution in [0, 0.1) is 11.3 Å². The molecule has 1 aliphatic rings. The molecule has 1 amide bonds. The molecule has 1 fully saturated rings. The zero-order chi connectivity index (χ0) is 14.9. The van der Waals surface area contributed by atoms with E-state index in [0.717, 1.165) is 21.0 Å². The van der Waals surface area contributed by atoms with Gasteiger partial charge in [-0.05, 0) is 47.2 Å². The minimum Gasteiger partial charge on any atom is -0.333 e. The Kier molecular flexibility index (Phi) is 3.92. The second-order valence-corrected chi connectivity index (χ2v) is 7.18. The molecule has 0 bridgehead atoms. The summed E-state index contributed by atoms with van der Waals surface area (Å²) >= 11 is 5.14. The molecular formula is C16H13BrN2OS. The normalized spacial score (nSPS) is 21.1. The second kappa shape index (κ2) is 5.70. The molecule has 1 heterocycles. The number of hydrogen-bond acceptors (Lipinski definition) is 3. The van der Waals surface area contributed by atoms with Crippen molar-refractivity contribution in [2.75, 3.05) is 11.5 Å². The fraction of sp³-hybridized carbons (Fsp3) is 0.250. The molecule has 1 atom stereocenters. The first-order chi connectivity index (χ1) is 10.1. The van der Waals surface area contributed by atoms with E-state index in [-0.39, 0.29) is 5.91 Å². The Hall–Kier alpha value is -1.51. The third kappa shape index (κ3) is 2.92. The van der Waals surface area contributed by atoms with Crippen LogP contribution in [0.1, 0.15) is 16.8 Å². The molecule has 21 heavy (non-hydrogen) atoms. The van der Waals surface area contributed by atoms with Crippen molar-refractivity contribution in [2.24, 2.45) is 0 Å². The van der Waals surface area contributed by atoms with E-state index in [9.17, 15) is 10.1 Å². The van der Waals surface area contributed by atoms with Crippen LogP contribution in [0.3, 0.4) is 0 Å². The molecule has 0 aromatic heterocycles. The first kappa shape index (κ1) is 14.4. The smallest absolute Gasteiger partial charge is 0.252 e. The third-order valence-electron chi connectivity index (χ3n) is 3.65. The van der Waals surface area contributed by atoms with Crippen molar-refractivity contribution >= 4 is 44.4 Å². The Balaban J connectivity index is 1.88. The van der Waals surface area contributed by atoms with Crippen LogP contribution < -0.4 is 5.32 Å². The van der Waals surface area contributed by atoms with Gasteiger partial charge in [-0.25, -0.2) is 0 Å². The number of carbonyl (C=O) groups excluding carboxylic acids is 1. The Labute approximate surface area is 135 Å². The second-order valence-electron chi connectivity index (χ2n) is 5.16. The van der Waals surface area contributed by atoms with Gasteiger partial charge in [-0.1, -0.05) is 28.1 Å². The third-order valence-corrected chi connectivity index (χ3v) is 5.34. The molecule has 0 radical (unpaired) electrons. The van der Waals surface area contributed by atoms with Crippen molar-refractivity contribution in [1.29, 1.82) is 5.26 Å². The Morgan fingerprint density at radius 1 is 1.29 bits per heavy atom. The molecule has 5 heteroatoms. The van der Waals surface area contributed by atoms with Crippen LogP contribution in [0.15, 0.2) is 40.9 Å². The highest BCUT2D eigenvalue weighted by atomic mass is 79.9. The number of amides is 1. The minimum atomic E-state index is -0.712. The molecule has 106 valence electrons. The molecule has 1 aliphatic heterocycles. The number of nitrogens with one attached hydrogen (secondary N) is 1. The molecule has 2 aromatic carbocycles. The Bertz CT molecular complexity index is 748. The Morgan fingerprint density at radius 2 is 2.05 bits per heavy atom. The lowest BCUT2D eigenvalue weighted by Gasteiger charge is -2.21. The van der Waals surface area contributed by atoms with Gasteiger partial charge in [-0.3, -0.25) is 4.79 Å². The maximum atomic E-state index is 12.4. The number of rotatable bonds is 2. The highest BCUT2D eigenvalue weighted by Crippen LogP contribution is 2.28. The number of carbonyl (C=O) groups is 1. The molecule has 3 rings (SSSR count). The SMILES string of the molecule is N#CC1(NC(=O)c2ccc3cc(Br)ccc3c2)CCSC1. The standard InChI is InChI=1S/C16H13BrN2OS/c17-14-4-3-11-7-13(2-1-12(11)8-14)15(20)19-16(9-18)5-6-21-10-16/h1-4,7-8H,5-6,10H2,(H,19,20). The van der Waals surface area contributed by atoms with Gasteiger partial charge < -0.3 is 5.32 Å². The molecule has 3 nitrogen and oxygen atoms in total. The average Bonchev–Trinajstić information content (AvgIpc) is 2.95. The van der Waals surface area contributed by atoms with Crippen LogP contribution in [-0.4, -0.2) is 23.0 Å². The van der Waals surface area contributed by atoms with Gasteiger partial charge in [0.05, 0.1) is 6.07 Å². The largest absolute Gasteiger partial charge is 0.333 e. The predicted octanol–water partition coefficient (Wildman–Crippen LogP) is 3.73. The highest BCUT2D eigenvalue weighted by molar-refractivity contribution is 9.10. The minimum absolute atomic E-state index is 0.177. The van der Waals surface area contributed by atoms with Crippen molar-refractivity contribution in [2.45, 2.75) is 12.0 Å². The molecule has 0 saturated carbocycles. The van der Waals surface area contributed by atoms with Gasteiger partial charge in [0.25, 0.3) is 5.91 Å². The summed E-state index contributed by atoms with van der Waals surface area (Å²) < 4.78 is 1.01. The van der Waals surface area contributed by atoms with Gasteiger partial charge in [0.1, 0.15) is 5.54 Å². The summed E-state index contributed by atoms with van der Waals surface area (Å²) in [6.45, 7) is 0. The van der Waals surface area contributed by atoms with Crippen molar-refractivity contribution in [1.82, 2.24) is 5.32 Å². The number of thioether (sulfide) groups is 1. The van der Waals surface area contributed by atoms with Gasteiger partial charge >= 0.3 is 0 Å². The van der Waals surface area contributed by atoms with Crippen LogP contribution in [0.5, 0.6) is 0 Å². The van der Waals surface area contributed by atoms with Gasteiger partial charge in [0.2, 0.25) is 0 Å². The van der Waals surface area contributed by atoms with E-state index in [1.165, 1.54) is 0 Å². The van der Waals surface area contributed by atoms with Crippen LogP contribution in [0.2, 0.25) is 0 Å². The topological polar surface area (TPSA) is 52.9 Å². The molecule has 2 aromatic rings. The molecule has 1 unspecified atom stereocenters. The lowest BCUT2D eigenvalue weighted by Crippen LogP contribution is -2.47. The molecular weight excluding hydrogens is 348 g/mol. The molecule has 0 spiro atoms. The summed E-state index contributed by atoms with van der Waals surface area (Å²) in [6, 6.07) is 13.8. The lowest BCUT2D eigenvalue weighted by atomic mass is 10.00. The number of hydrogen-bond donors (Lipinski definition) is 1. The maximum absolute atomic E-state index is 12.4. The van der Waals surface area contributed by atoms with Crippen molar-refractivity contribution < 1.29 is 4.79 Å².